The highest BCUT2D eigenvalue weighted by atomic mass is 35.5. The Kier molecular flexibility index (Phi) is 6.39. The standard InChI is InChI=1S/C12H17Cl2N3O/c1-3-17(4-2)6-5-15-12(18)9-7-11(14)16-8-10(9)13/h7-8H,3-6H2,1-2H3,(H,15,18). The van der Waals surface area contributed by atoms with Crippen LogP contribution in [0.25, 0.3) is 0 Å². The van der Waals surface area contributed by atoms with E-state index in [1.54, 1.807) is 0 Å². The largest absolute Gasteiger partial charge is 0.351 e. The normalized spacial score (nSPS) is 10.7. The molecule has 1 N–H and O–H groups in total. The minimum atomic E-state index is -0.226. The molecule has 0 fully saturated rings. The maximum Gasteiger partial charge on any atom is 0.253 e. The number of likely N-dealkylation sites (N-methyl/N-ethyl adjacent to an activating group) is 1. The van der Waals surface area contributed by atoms with Crippen molar-refractivity contribution in [2.24, 2.45) is 0 Å². The summed E-state index contributed by atoms with van der Waals surface area (Å²) in [6, 6.07) is 1.47. The van der Waals surface area contributed by atoms with Gasteiger partial charge >= 0.3 is 0 Å². The molecule has 0 aliphatic heterocycles. The lowest BCUT2D eigenvalue weighted by molar-refractivity contribution is 0.0949. The Balaban J connectivity index is 2.53. The molecule has 0 atom stereocenters. The Morgan fingerprint density at radius 2 is 2.06 bits per heavy atom. The van der Waals surface area contributed by atoms with Gasteiger partial charge in [-0.25, -0.2) is 4.98 Å². The molecule has 1 rings (SSSR count). The maximum atomic E-state index is 11.9. The summed E-state index contributed by atoms with van der Waals surface area (Å²) < 4.78 is 0. The maximum absolute atomic E-state index is 11.9. The van der Waals surface area contributed by atoms with Crippen LogP contribution in [0.3, 0.4) is 0 Å². The summed E-state index contributed by atoms with van der Waals surface area (Å²) >= 11 is 11.6. The number of aromatic nitrogens is 1. The van der Waals surface area contributed by atoms with E-state index >= 15 is 0 Å². The molecule has 0 saturated carbocycles. The Bertz CT molecular complexity index is 408. The first-order valence-corrected chi connectivity index (χ1v) is 6.65. The van der Waals surface area contributed by atoms with Crippen molar-refractivity contribution in [3.05, 3.63) is 28.0 Å². The molecule has 1 amide bonds. The minimum Gasteiger partial charge on any atom is -0.351 e. The predicted molar refractivity (Wildman–Crippen MR) is 74.4 cm³/mol. The third kappa shape index (κ3) is 4.44. The van der Waals surface area contributed by atoms with Crippen LogP contribution in [0.4, 0.5) is 0 Å². The molecule has 0 aliphatic rings. The average molecular weight is 290 g/mol. The van der Waals surface area contributed by atoms with Crippen LogP contribution in [0.2, 0.25) is 10.2 Å². The van der Waals surface area contributed by atoms with E-state index in [0.29, 0.717) is 17.1 Å². The topological polar surface area (TPSA) is 45.2 Å². The number of carbonyl (C=O) groups excluding carboxylic acids is 1. The smallest absolute Gasteiger partial charge is 0.253 e. The molecule has 0 unspecified atom stereocenters. The lowest BCUT2D eigenvalue weighted by Crippen LogP contribution is -2.34. The van der Waals surface area contributed by atoms with E-state index in [4.69, 9.17) is 23.2 Å². The fourth-order valence-corrected chi connectivity index (χ4v) is 1.90. The molecular weight excluding hydrogens is 273 g/mol. The number of nitrogens with zero attached hydrogens (tertiary/aromatic N) is 2. The SMILES string of the molecule is CCN(CC)CCNC(=O)c1cc(Cl)ncc1Cl. The molecule has 1 heterocycles. The quantitative estimate of drug-likeness (QED) is 0.819. The van der Waals surface area contributed by atoms with Crippen molar-refractivity contribution in [3.63, 3.8) is 0 Å². The van der Waals surface area contributed by atoms with Gasteiger partial charge in [-0.15, -0.1) is 0 Å². The van der Waals surface area contributed by atoms with Crippen LogP contribution in [-0.2, 0) is 0 Å². The van der Waals surface area contributed by atoms with Crippen molar-refractivity contribution < 1.29 is 4.79 Å². The molecule has 1 aromatic rings. The first-order chi connectivity index (χ1) is 8.58. The molecule has 100 valence electrons. The second kappa shape index (κ2) is 7.56. The number of hydrogen-bond acceptors (Lipinski definition) is 3. The van der Waals surface area contributed by atoms with Crippen molar-refractivity contribution in [2.75, 3.05) is 26.2 Å². The van der Waals surface area contributed by atoms with Gasteiger partial charge in [-0.05, 0) is 19.2 Å². The van der Waals surface area contributed by atoms with Crippen molar-refractivity contribution in [1.29, 1.82) is 0 Å². The summed E-state index contributed by atoms with van der Waals surface area (Å²) in [7, 11) is 0. The number of nitrogens with one attached hydrogen (secondary N) is 1. The number of hydrogen-bond donors (Lipinski definition) is 1. The van der Waals surface area contributed by atoms with Gasteiger partial charge in [0.2, 0.25) is 0 Å². The lowest BCUT2D eigenvalue weighted by Gasteiger charge is -2.18. The van der Waals surface area contributed by atoms with Gasteiger partial charge in [0.1, 0.15) is 5.15 Å². The van der Waals surface area contributed by atoms with Gasteiger partial charge in [0.15, 0.2) is 0 Å². The Morgan fingerprint density at radius 3 is 2.67 bits per heavy atom. The number of carbonyl (C=O) groups is 1. The van der Waals surface area contributed by atoms with Gasteiger partial charge in [-0.3, -0.25) is 4.79 Å². The van der Waals surface area contributed by atoms with Crippen molar-refractivity contribution in [3.8, 4) is 0 Å². The van der Waals surface area contributed by atoms with Crippen LogP contribution in [0.5, 0.6) is 0 Å². The van der Waals surface area contributed by atoms with Gasteiger partial charge in [-0.2, -0.15) is 0 Å². The zero-order valence-electron chi connectivity index (χ0n) is 10.5. The van der Waals surface area contributed by atoms with Crippen molar-refractivity contribution in [1.82, 2.24) is 15.2 Å². The van der Waals surface area contributed by atoms with Crippen LogP contribution in [0.15, 0.2) is 12.3 Å². The monoisotopic (exact) mass is 289 g/mol. The Hall–Kier alpha value is -0.840. The van der Waals surface area contributed by atoms with Gasteiger partial charge in [-0.1, -0.05) is 37.0 Å². The molecule has 6 heteroatoms. The zero-order chi connectivity index (χ0) is 13.5. The highest BCUT2D eigenvalue weighted by Crippen LogP contribution is 2.17. The van der Waals surface area contributed by atoms with E-state index in [1.165, 1.54) is 12.3 Å². The summed E-state index contributed by atoms with van der Waals surface area (Å²) in [5.41, 5.74) is 0.358. The van der Waals surface area contributed by atoms with Crippen LogP contribution in [0.1, 0.15) is 24.2 Å². The Labute approximate surface area is 117 Å². The first-order valence-electron chi connectivity index (χ1n) is 5.90. The second-order valence-corrected chi connectivity index (χ2v) is 4.56. The number of pyridine rings is 1. The Morgan fingerprint density at radius 1 is 1.39 bits per heavy atom. The van der Waals surface area contributed by atoms with E-state index in [2.05, 4.69) is 29.0 Å². The van der Waals surface area contributed by atoms with E-state index in [1.807, 2.05) is 0 Å². The molecule has 1 aromatic heterocycles. The summed E-state index contributed by atoms with van der Waals surface area (Å²) in [6.45, 7) is 7.50. The lowest BCUT2D eigenvalue weighted by atomic mass is 10.2. The van der Waals surface area contributed by atoms with Crippen molar-refractivity contribution in [2.45, 2.75) is 13.8 Å². The first kappa shape index (κ1) is 15.2. The summed E-state index contributed by atoms with van der Waals surface area (Å²) in [5.74, 6) is -0.226. The molecule has 0 bridgehead atoms. The second-order valence-electron chi connectivity index (χ2n) is 3.77. The summed E-state index contributed by atoms with van der Waals surface area (Å²) in [4.78, 5) is 17.9. The van der Waals surface area contributed by atoms with Gasteiger partial charge in [0, 0.05) is 19.3 Å². The molecule has 0 saturated heterocycles. The fraction of sp³-hybridized carbons (Fsp3) is 0.500. The van der Waals surface area contributed by atoms with Crippen LogP contribution < -0.4 is 5.32 Å². The van der Waals surface area contributed by atoms with E-state index < -0.39 is 0 Å². The van der Waals surface area contributed by atoms with E-state index in [-0.39, 0.29) is 11.1 Å². The third-order valence-electron chi connectivity index (χ3n) is 2.67. The van der Waals surface area contributed by atoms with Crippen LogP contribution in [0, 0.1) is 0 Å². The number of rotatable bonds is 6. The van der Waals surface area contributed by atoms with Crippen LogP contribution >= 0.6 is 23.2 Å². The molecule has 0 aromatic carbocycles. The summed E-state index contributed by atoms with van der Waals surface area (Å²) in [5, 5.41) is 3.38. The van der Waals surface area contributed by atoms with Gasteiger partial charge in [0.25, 0.3) is 5.91 Å². The minimum absolute atomic E-state index is 0.226. The molecule has 0 aliphatic carbocycles. The molecule has 18 heavy (non-hydrogen) atoms. The van der Waals surface area contributed by atoms with Crippen LogP contribution in [-0.4, -0.2) is 42.0 Å². The molecular formula is C12H17Cl2N3O. The highest BCUT2D eigenvalue weighted by Gasteiger charge is 2.11. The predicted octanol–water partition coefficient (Wildman–Crippen LogP) is 2.46. The summed E-state index contributed by atoms with van der Waals surface area (Å²) in [6.07, 6.45) is 1.38. The van der Waals surface area contributed by atoms with Gasteiger partial charge in [0.05, 0.1) is 10.6 Å². The van der Waals surface area contributed by atoms with Crippen molar-refractivity contribution >= 4 is 29.1 Å². The van der Waals surface area contributed by atoms with E-state index in [0.717, 1.165) is 19.6 Å². The molecule has 0 radical (unpaired) electrons. The average Bonchev–Trinajstić information content (AvgIpc) is 2.37. The number of amides is 1. The number of halogens is 2. The molecule has 4 nitrogen and oxygen atoms in total. The van der Waals surface area contributed by atoms with E-state index in [9.17, 15) is 4.79 Å². The third-order valence-corrected chi connectivity index (χ3v) is 3.18. The zero-order valence-corrected chi connectivity index (χ0v) is 12.1. The fourth-order valence-electron chi connectivity index (χ4n) is 1.55. The highest BCUT2D eigenvalue weighted by molar-refractivity contribution is 6.35. The van der Waals surface area contributed by atoms with Gasteiger partial charge < -0.3 is 10.2 Å². The molecule has 0 spiro atoms.